The van der Waals surface area contributed by atoms with E-state index in [1.165, 1.54) is 6.07 Å². The fourth-order valence-electron chi connectivity index (χ4n) is 2.03. The van der Waals surface area contributed by atoms with Crippen LogP contribution in [-0.4, -0.2) is 24.6 Å². The van der Waals surface area contributed by atoms with Gasteiger partial charge in [0.1, 0.15) is 0 Å². The predicted molar refractivity (Wildman–Crippen MR) is 71.9 cm³/mol. The van der Waals surface area contributed by atoms with Gasteiger partial charge in [0.05, 0.1) is 16.0 Å². The van der Waals surface area contributed by atoms with E-state index in [1.807, 2.05) is 0 Å². The lowest BCUT2D eigenvalue weighted by molar-refractivity contribution is -0.386. The lowest BCUT2D eigenvalue weighted by Gasteiger charge is -2.22. The van der Waals surface area contributed by atoms with E-state index in [0.29, 0.717) is 22.7 Å². The number of halogens is 1. The van der Waals surface area contributed by atoms with Crippen LogP contribution in [0.15, 0.2) is 22.7 Å². The van der Waals surface area contributed by atoms with Crippen LogP contribution in [0.25, 0.3) is 0 Å². The number of nitrogens with one attached hydrogen (secondary N) is 1. The van der Waals surface area contributed by atoms with Crippen molar-refractivity contribution in [1.29, 1.82) is 0 Å². The number of nitrogens with zero attached hydrogens (tertiary/aromatic N) is 1. The van der Waals surface area contributed by atoms with Gasteiger partial charge in [-0.1, -0.05) is 6.07 Å². The van der Waals surface area contributed by atoms with Crippen LogP contribution in [0, 0.1) is 16.0 Å². The molecule has 2 rings (SSSR count). The van der Waals surface area contributed by atoms with Gasteiger partial charge in [-0.15, -0.1) is 0 Å². The molecule has 1 aliphatic heterocycles. The van der Waals surface area contributed by atoms with Crippen molar-refractivity contribution in [2.75, 3.05) is 19.7 Å². The second kappa shape index (κ2) is 6.15. The first-order valence-corrected chi connectivity index (χ1v) is 6.74. The van der Waals surface area contributed by atoms with Crippen molar-refractivity contribution in [3.8, 4) is 5.75 Å². The van der Waals surface area contributed by atoms with Crippen molar-refractivity contribution >= 4 is 21.6 Å². The quantitative estimate of drug-likeness (QED) is 0.685. The van der Waals surface area contributed by atoms with Crippen molar-refractivity contribution in [3.05, 3.63) is 32.8 Å². The zero-order chi connectivity index (χ0) is 13.0. The summed E-state index contributed by atoms with van der Waals surface area (Å²) in [5, 5.41) is 14.2. The van der Waals surface area contributed by atoms with E-state index >= 15 is 0 Å². The van der Waals surface area contributed by atoms with Gasteiger partial charge in [0, 0.05) is 6.07 Å². The standard InChI is InChI=1S/C12H15BrN2O3/c13-10-2-1-3-11(15(16)17)12(10)18-8-9-4-6-14-7-5-9/h1-3,9,14H,4-8H2. The van der Waals surface area contributed by atoms with Crippen LogP contribution < -0.4 is 10.1 Å². The second-order valence-corrected chi connectivity index (χ2v) is 5.20. The first-order valence-electron chi connectivity index (χ1n) is 5.95. The summed E-state index contributed by atoms with van der Waals surface area (Å²) in [4.78, 5) is 10.5. The summed E-state index contributed by atoms with van der Waals surface area (Å²) in [6.45, 7) is 2.52. The van der Waals surface area contributed by atoms with Gasteiger partial charge >= 0.3 is 5.69 Å². The third kappa shape index (κ3) is 3.20. The van der Waals surface area contributed by atoms with Crippen LogP contribution in [0.3, 0.4) is 0 Å². The normalized spacial score (nSPS) is 16.5. The van der Waals surface area contributed by atoms with Gasteiger partial charge in [0.15, 0.2) is 0 Å². The summed E-state index contributed by atoms with van der Waals surface area (Å²) in [6.07, 6.45) is 2.11. The highest BCUT2D eigenvalue weighted by Crippen LogP contribution is 2.35. The molecule has 1 N–H and O–H groups in total. The number of nitro benzene ring substituents is 1. The number of nitro groups is 1. The average Bonchev–Trinajstić information content (AvgIpc) is 2.38. The van der Waals surface area contributed by atoms with Gasteiger partial charge in [0.2, 0.25) is 5.75 Å². The highest BCUT2D eigenvalue weighted by molar-refractivity contribution is 9.10. The van der Waals surface area contributed by atoms with Gasteiger partial charge in [-0.2, -0.15) is 0 Å². The number of benzene rings is 1. The molecule has 0 radical (unpaired) electrons. The van der Waals surface area contributed by atoms with E-state index in [9.17, 15) is 10.1 Å². The number of hydrogen-bond acceptors (Lipinski definition) is 4. The van der Waals surface area contributed by atoms with Gasteiger partial charge in [-0.05, 0) is 53.8 Å². The molecule has 1 aliphatic rings. The monoisotopic (exact) mass is 314 g/mol. The lowest BCUT2D eigenvalue weighted by atomic mass is 9.99. The molecule has 0 unspecified atom stereocenters. The molecule has 1 aromatic carbocycles. The molecule has 18 heavy (non-hydrogen) atoms. The Morgan fingerprint density at radius 2 is 2.17 bits per heavy atom. The predicted octanol–water partition coefficient (Wildman–Crippen LogP) is 2.74. The Morgan fingerprint density at radius 1 is 1.44 bits per heavy atom. The fraction of sp³-hybridized carbons (Fsp3) is 0.500. The molecule has 0 aromatic heterocycles. The Balaban J connectivity index is 2.05. The summed E-state index contributed by atoms with van der Waals surface area (Å²) in [7, 11) is 0. The topological polar surface area (TPSA) is 64.4 Å². The van der Waals surface area contributed by atoms with Crippen LogP contribution in [0.1, 0.15) is 12.8 Å². The molecule has 1 saturated heterocycles. The minimum absolute atomic E-state index is 0.0123. The smallest absolute Gasteiger partial charge is 0.312 e. The number of rotatable bonds is 4. The number of piperidine rings is 1. The Kier molecular flexibility index (Phi) is 4.54. The maximum absolute atomic E-state index is 10.9. The number of ether oxygens (including phenoxy) is 1. The first kappa shape index (κ1) is 13.3. The van der Waals surface area contributed by atoms with Crippen molar-refractivity contribution in [1.82, 2.24) is 5.32 Å². The SMILES string of the molecule is O=[N+]([O-])c1cccc(Br)c1OCC1CCNCC1. The molecule has 1 aromatic rings. The Labute approximate surface area is 114 Å². The minimum atomic E-state index is -0.414. The third-order valence-corrected chi connectivity index (χ3v) is 3.69. The van der Waals surface area contributed by atoms with Crippen molar-refractivity contribution in [3.63, 3.8) is 0 Å². The molecule has 5 nitrogen and oxygen atoms in total. The maximum Gasteiger partial charge on any atom is 0.312 e. The van der Waals surface area contributed by atoms with Crippen LogP contribution in [0.2, 0.25) is 0 Å². The van der Waals surface area contributed by atoms with Gasteiger partial charge < -0.3 is 10.1 Å². The molecule has 0 spiro atoms. The molecular weight excluding hydrogens is 300 g/mol. The number of hydrogen-bond donors (Lipinski definition) is 1. The Bertz CT molecular complexity index is 433. The Hall–Kier alpha value is -1.14. The third-order valence-electron chi connectivity index (χ3n) is 3.06. The molecule has 1 heterocycles. The molecule has 1 fully saturated rings. The molecule has 0 atom stereocenters. The maximum atomic E-state index is 10.9. The van der Waals surface area contributed by atoms with Gasteiger partial charge in [-0.25, -0.2) is 0 Å². The average molecular weight is 315 g/mol. The first-order chi connectivity index (χ1) is 8.68. The zero-order valence-corrected chi connectivity index (χ0v) is 11.5. The summed E-state index contributed by atoms with van der Waals surface area (Å²) >= 11 is 3.30. The minimum Gasteiger partial charge on any atom is -0.486 e. The van der Waals surface area contributed by atoms with E-state index in [4.69, 9.17) is 4.74 Å². The van der Waals surface area contributed by atoms with E-state index in [2.05, 4.69) is 21.2 Å². The molecule has 6 heteroatoms. The van der Waals surface area contributed by atoms with Gasteiger partial charge in [-0.3, -0.25) is 10.1 Å². The fourth-order valence-corrected chi connectivity index (χ4v) is 2.50. The lowest BCUT2D eigenvalue weighted by Crippen LogP contribution is -2.30. The van der Waals surface area contributed by atoms with Crippen molar-refractivity contribution in [2.24, 2.45) is 5.92 Å². The van der Waals surface area contributed by atoms with E-state index < -0.39 is 4.92 Å². The molecule has 98 valence electrons. The van der Waals surface area contributed by atoms with E-state index in [0.717, 1.165) is 25.9 Å². The molecule has 0 saturated carbocycles. The summed E-state index contributed by atoms with van der Waals surface area (Å²) in [5.74, 6) is 0.805. The summed E-state index contributed by atoms with van der Waals surface area (Å²) < 4.78 is 6.28. The zero-order valence-electron chi connectivity index (χ0n) is 9.89. The molecular formula is C12H15BrN2O3. The van der Waals surface area contributed by atoms with E-state index in [1.54, 1.807) is 12.1 Å². The largest absolute Gasteiger partial charge is 0.486 e. The summed E-state index contributed by atoms with van der Waals surface area (Å²) in [5.41, 5.74) is 0.0123. The highest BCUT2D eigenvalue weighted by Gasteiger charge is 2.20. The van der Waals surface area contributed by atoms with Crippen LogP contribution in [0.4, 0.5) is 5.69 Å². The van der Waals surface area contributed by atoms with Crippen LogP contribution in [-0.2, 0) is 0 Å². The van der Waals surface area contributed by atoms with Crippen molar-refractivity contribution < 1.29 is 9.66 Å². The number of para-hydroxylation sites is 1. The van der Waals surface area contributed by atoms with Crippen LogP contribution in [0.5, 0.6) is 5.75 Å². The summed E-state index contributed by atoms with van der Waals surface area (Å²) in [6, 6.07) is 4.85. The Morgan fingerprint density at radius 3 is 2.83 bits per heavy atom. The highest BCUT2D eigenvalue weighted by atomic mass is 79.9. The van der Waals surface area contributed by atoms with Crippen LogP contribution >= 0.6 is 15.9 Å². The van der Waals surface area contributed by atoms with Crippen molar-refractivity contribution in [2.45, 2.75) is 12.8 Å². The molecule has 0 aliphatic carbocycles. The molecule has 0 amide bonds. The van der Waals surface area contributed by atoms with Gasteiger partial charge in [0.25, 0.3) is 0 Å². The van der Waals surface area contributed by atoms with E-state index in [-0.39, 0.29) is 5.69 Å². The second-order valence-electron chi connectivity index (χ2n) is 4.35. The molecule has 0 bridgehead atoms.